The Hall–Kier alpha value is -1.31. The molecule has 0 radical (unpaired) electrons. The number of hydrogen-bond acceptors (Lipinski definition) is 2. The van der Waals surface area contributed by atoms with Gasteiger partial charge in [-0.15, -0.1) is 0 Å². The van der Waals surface area contributed by atoms with Crippen LogP contribution in [0.4, 0.5) is 0 Å². The highest BCUT2D eigenvalue weighted by atomic mass is 16.5. The Labute approximate surface area is 715 Å². The van der Waals surface area contributed by atoms with E-state index in [0.717, 1.165) is 18.4 Å². The molecule has 0 amide bonds. The van der Waals surface area contributed by atoms with Crippen LogP contribution in [0.15, 0.2) is 30.3 Å². The van der Waals surface area contributed by atoms with Crippen molar-refractivity contribution >= 4 is 5.97 Å². The van der Waals surface area contributed by atoms with Crippen LogP contribution in [0.5, 0.6) is 0 Å². The molecule has 0 saturated carbocycles. The van der Waals surface area contributed by atoms with E-state index in [9.17, 15) is 0 Å². The maximum absolute atomic E-state index is 17.4. The zero-order valence-corrected chi connectivity index (χ0v) is 85.0. The van der Waals surface area contributed by atoms with Crippen LogP contribution >= 0.6 is 0 Å². The fourth-order valence-electron chi connectivity index (χ4n) is 28.6. The Kier molecular flexibility index (Phi) is 47.7. The van der Waals surface area contributed by atoms with Crippen molar-refractivity contribution in [2.45, 2.75) is 576 Å². The lowest BCUT2D eigenvalue weighted by Gasteiger charge is -2.63. The average molecular weight is 1580 g/mol. The highest BCUT2D eigenvalue weighted by molar-refractivity contribution is 5.76. The van der Waals surface area contributed by atoms with Crippen LogP contribution in [0.25, 0.3) is 0 Å². The van der Waals surface area contributed by atoms with Crippen LogP contribution < -0.4 is 0 Å². The molecule has 2 heteroatoms. The van der Waals surface area contributed by atoms with E-state index < -0.39 is 5.41 Å². The minimum Gasteiger partial charge on any atom is -0.460 e. The topological polar surface area (TPSA) is 26.3 Å². The van der Waals surface area contributed by atoms with Gasteiger partial charge < -0.3 is 4.74 Å². The van der Waals surface area contributed by atoms with Crippen LogP contribution in [0.2, 0.25) is 0 Å². The monoisotopic (exact) mass is 1580 g/mol. The van der Waals surface area contributed by atoms with Gasteiger partial charge >= 0.3 is 5.97 Å². The largest absolute Gasteiger partial charge is 0.460 e. The third kappa shape index (κ3) is 27.8. The normalized spacial score (nSPS) is 14.9. The Morgan fingerprint density at radius 3 is 0.504 bits per heavy atom. The van der Waals surface area contributed by atoms with Crippen LogP contribution in [0, 0.1) is 92.1 Å². The molecule has 670 valence electrons. The van der Waals surface area contributed by atoms with E-state index in [0.29, 0.717) is 6.61 Å². The van der Waals surface area contributed by atoms with E-state index >= 15 is 4.79 Å². The molecule has 0 aliphatic heterocycles. The molecule has 113 heavy (non-hydrogen) atoms. The summed E-state index contributed by atoms with van der Waals surface area (Å²) in [6.45, 7) is 92.9. The number of ether oxygens (including phenoxy) is 1. The Bertz CT molecular complexity index is 2290. The average Bonchev–Trinajstić information content (AvgIpc) is 0.723. The molecule has 0 aliphatic carbocycles. The van der Waals surface area contributed by atoms with E-state index in [1.807, 2.05) is 0 Å². The second kappa shape index (κ2) is 49.1. The van der Waals surface area contributed by atoms with Crippen LogP contribution in [-0.2, 0) is 16.1 Å². The number of rotatable bonds is 70. The summed E-state index contributed by atoms with van der Waals surface area (Å²) in [6, 6.07) is 10.9. The minimum absolute atomic E-state index is 0.0473. The molecule has 0 aliphatic rings. The van der Waals surface area contributed by atoms with Gasteiger partial charge in [-0.3, -0.25) is 4.79 Å². The lowest BCUT2D eigenvalue weighted by atomic mass is 9.42. The third-order valence-corrected chi connectivity index (χ3v) is 39.3. The van der Waals surface area contributed by atoms with Crippen LogP contribution in [0.3, 0.4) is 0 Å². The lowest BCUT2D eigenvalue weighted by molar-refractivity contribution is -0.165. The molecule has 0 bridgehead atoms. The standard InChI is InChI=1S/C111H214O2/c1-36-75-106(68-33,69-34)88-110(84-102(56-21,57-22)58-23,85-103(59-24,60-25)61-26)92-111(86-104(62-27,63-28)64-29,87-105(65-30,66-31)67-32)91-107(77-95(35,37-2)94(112)113-76-93-73-71-70-72-74-93,89-108(78-96(38-3,39-4)40-5,79-97(41-6,42-7)43-8)80-98(44-9,45-10)46-11)90-109(81-99(47-12,48-13)49-14,82-100(50-15,51-16)52-17)83-101(53-18,54-19)55-20/h70-74H,36-69,75-92H2,1-35H3. The van der Waals surface area contributed by atoms with E-state index in [1.54, 1.807) is 0 Å². The van der Waals surface area contributed by atoms with Crippen molar-refractivity contribution in [2.24, 2.45) is 92.1 Å². The molecular formula is C111H214O2. The molecule has 0 aromatic heterocycles. The summed E-state index contributed by atoms with van der Waals surface area (Å²) >= 11 is 0. The molecule has 0 fully saturated rings. The number of hydrogen-bond donors (Lipinski definition) is 0. The van der Waals surface area contributed by atoms with Crippen molar-refractivity contribution in [1.82, 2.24) is 0 Å². The zero-order chi connectivity index (χ0) is 86.7. The van der Waals surface area contributed by atoms with Gasteiger partial charge in [0.1, 0.15) is 6.61 Å². The summed E-state index contributed by atoms with van der Waals surface area (Å²) in [5, 5.41) is 0. The van der Waals surface area contributed by atoms with Gasteiger partial charge in [-0.05, 0) is 215 Å². The third-order valence-electron chi connectivity index (χ3n) is 39.3. The van der Waals surface area contributed by atoms with Crippen molar-refractivity contribution in [1.29, 1.82) is 0 Å². The summed E-state index contributed by atoms with van der Waals surface area (Å²) in [7, 11) is 0. The van der Waals surface area contributed by atoms with Crippen LogP contribution in [0.1, 0.15) is 575 Å². The van der Waals surface area contributed by atoms with E-state index in [4.69, 9.17) is 4.74 Å². The molecule has 1 aromatic carbocycles. The van der Waals surface area contributed by atoms with Crippen molar-refractivity contribution in [3.8, 4) is 0 Å². The fraction of sp³-hybridized carbons (Fsp3) is 0.937. The SMILES string of the molecule is CCCC(CC)(CC)CC(CC(CC)(CC)CC)(CC(CC)(CC)CC)CC(CC(CC)(CC)CC)(CC(CC)(CC)CC)CC(CC(CC(CC)(CC)CC)(CC(CC)(CC)CC)CC(CC)(CC)CC)(CC(CC(CC)(CC)CC)(CC(CC)(CC)CC)CC(CC)(CC)CC)CC(C)(CC)C(=O)OCc1ccccc1. The minimum atomic E-state index is -0.772. The van der Waals surface area contributed by atoms with Gasteiger partial charge in [0, 0.05) is 0 Å². The predicted molar refractivity (Wildman–Crippen MR) is 512 cm³/mol. The maximum atomic E-state index is 17.4. The van der Waals surface area contributed by atoms with Gasteiger partial charge in [0.05, 0.1) is 5.41 Å². The first kappa shape index (κ1) is 110. The van der Waals surface area contributed by atoms with Gasteiger partial charge in [-0.2, -0.15) is 0 Å². The van der Waals surface area contributed by atoms with E-state index in [2.05, 4.69) is 273 Å². The second-order valence-electron chi connectivity index (χ2n) is 42.9. The highest BCUT2D eigenvalue weighted by Gasteiger charge is 2.62. The first-order chi connectivity index (χ1) is 53.4. The number of esters is 1. The van der Waals surface area contributed by atoms with Gasteiger partial charge in [-0.1, -0.05) is 478 Å². The fourth-order valence-corrected chi connectivity index (χ4v) is 28.6. The van der Waals surface area contributed by atoms with Crippen molar-refractivity contribution in [2.75, 3.05) is 0 Å². The maximum Gasteiger partial charge on any atom is 0.312 e. The molecule has 1 rings (SSSR count). The molecule has 0 heterocycles. The predicted octanol–water partition coefficient (Wildman–Crippen LogP) is 39.1. The number of carbonyl (C=O) groups excluding carboxylic acids is 1. The van der Waals surface area contributed by atoms with Crippen molar-refractivity contribution in [3.63, 3.8) is 0 Å². The first-order valence-electron chi connectivity index (χ1n) is 51.6. The summed E-state index contributed by atoms with van der Waals surface area (Å²) in [5.41, 5.74) is 1.84. The van der Waals surface area contributed by atoms with Crippen molar-refractivity contribution in [3.05, 3.63) is 35.9 Å². The summed E-state index contributed by atoms with van der Waals surface area (Å²) in [6.07, 6.45) is 62.7. The molecular weight excluding hydrogens is 1370 g/mol. The Morgan fingerprint density at radius 1 is 0.204 bits per heavy atom. The number of carbonyl (C=O) groups is 1. The molecule has 1 aromatic rings. The zero-order valence-electron chi connectivity index (χ0n) is 85.0. The van der Waals surface area contributed by atoms with Crippen molar-refractivity contribution < 1.29 is 9.53 Å². The highest BCUT2D eigenvalue weighted by Crippen LogP contribution is 2.73. The molecule has 1 atom stereocenters. The number of benzene rings is 1. The van der Waals surface area contributed by atoms with E-state index in [1.165, 1.54) is 315 Å². The molecule has 1 unspecified atom stereocenters. The lowest BCUT2D eigenvalue weighted by Crippen LogP contribution is -2.53. The summed E-state index contributed by atoms with van der Waals surface area (Å²) in [4.78, 5) is 17.4. The van der Waals surface area contributed by atoms with E-state index in [-0.39, 0.29) is 92.6 Å². The summed E-state index contributed by atoms with van der Waals surface area (Å²) < 4.78 is 7.31. The van der Waals surface area contributed by atoms with Gasteiger partial charge in [0.15, 0.2) is 0 Å². The molecule has 0 spiro atoms. The quantitative estimate of drug-likeness (QED) is 0.0608. The molecule has 0 saturated heterocycles. The Morgan fingerprint density at radius 2 is 0.354 bits per heavy atom. The first-order valence-corrected chi connectivity index (χ1v) is 51.6. The molecule has 2 nitrogen and oxygen atoms in total. The smallest absolute Gasteiger partial charge is 0.312 e. The Balaban J connectivity index is 6.97. The van der Waals surface area contributed by atoms with Gasteiger partial charge in [0.25, 0.3) is 0 Å². The second-order valence-corrected chi connectivity index (χ2v) is 42.9. The summed E-state index contributed by atoms with van der Waals surface area (Å²) in [5.74, 6) is 0.0760. The van der Waals surface area contributed by atoms with Gasteiger partial charge in [0.2, 0.25) is 0 Å². The molecule has 0 N–H and O–H groups in total. The van der Waals surface area contributed by atoms with Crippen LogP contribution in [-0.4, -0.2) is 5.97 Å². The van der Waals surface area contributed by atoms with Gasteiger partial charge in [-0.25, -0.2) is 0 Å².